The van der Waals surface area contributed by atoms with E-state index >= 15 is 0 Å². The number of carbonyl (C=O) groups is 2. The van der Waals surface area contributed by atoms with E-state index in [1.54, 1.807) is 12.3 Å². The van der Waals surface area contributed by atoms with E-state index < -0.39 is 0 Å². The second-order valence-electron chi connectivity index (χ2n) is 7.11. The Balaban J connectivity index is 1.55. The van der Waals surface area contributed by atoms with E-state index in [2.05, 4.69) is 16.8 Å². The predicted molar refractivity (Wildman–Crippen MR) is 92.7 cm³/mol. The molecule has 25 heavy (non-hydrogen) atoms. The number of pyridine rings is 1. The number of piperazine rings is 1. The quantitative estimate of drug-likeness (QED) is 0.836. The zero-order chi connectivity index (χ0) is 17.4. The number of nitrogens with zero attached hydrogens (tertiary/aromatic N) is 4. The van der Waals surface area contributed by atoms with Crippen LogP contribution < -0.4 is 4.90 Å². The van der Waals surface area contributed by atoms with E-state index in [0.29, 0.717) is 31.8 Å². The molecule has 3 aliphatic heterocycles. The topological polar surface area (TPSA) is 66.0 Å². The lowest BCUT2D eigenvalue weighted by atomic mass is 9.93. The smallest absolute Gasteiger partial charge is 0.410 e. The number of aromatic nitrogens is 1. The van der Waals surface area contributed by atoms with Crippen molar-refractivity contribution in [3.8, 4) is 0 Å². The summed E-state index contributed by atoms with van der Waals surface area (Å²) in [5.41, 5.74) is 0.407. The van der Waals surface area contributed by atoms with E-state index in [4.69, 9.17) is 4.74 Å². The summed E-state index contributed by atoms with van der Waals surface area (Å²) >= 11 is 0. The number of rotatable bonds is 3. The minimum Gasteiger partial charge on any atom is -0.447 e. The number of ether oxygens (including phenoxy) is 1. The lowest BCUT2D eigenvalue weighted by molar-refractivity contribution is 0.0792. The normalized spacial score (nSPS) is 26.0. The van der Waals surface area contributed by atoms with Crippen molar-refractivity contribution in [2.24, 2.45) is 0 Å². The first-order valence-corrected chi connectivity index (χ1v) is 9.08. The second-order valence-corrected chi connectivity index (χ2v) is 7.11. The van der Waals surface area contributed by atoms with Gasteiger partial charge in [-0.25, -0.2) is 9.78 Å². The van der Waals surface area contributed by atoms with Crippen LogP contribution in [-0.2, 0) is 4.74 Å². The molecule has 3 saturated heterocycles. The van der Waals surface area contributed by atoms with Crippen molar-refractivity contribution in [2.45, 2.75) is 31.7 Å². The van der Waals surface area contributed by atoms with Crippen LogP contribution in [0, 0.1) is 0 Å². The standard InChI is InChI=1S/C18H24N4O3/c1-2-18-12-21(9-10-22(18)17(24)25-13-18)15-11-14(5-6-19-15)16(23)20-7-3-4-8-20/h5-6,11H,2-4,7-10,12-13H2,1H3. The fraction of sp³-hybridized carbons (Fsp3) is 0.611. The number of carbonyl (C=O) groups excluding carboxylic acids is 2. The molecule has 1 aromatic heterocycles. The molecule has 3 fully saturated rings. The first-order valence-electron chi connectivity index (χ1n) is 9.08. The average molecular weight is 344 g/mol. The van der Waals surface area contributed by atoms with E-state index in [1.807, 2.05) is 15.9 Å². The number of likely N-dealkylation sites (tertiary alicyclic amines) is 1. The van der Waals surface area contributed by atoms with Crippen LogP contribution in [0.1, 0.15) is 36.5 Å². The third-order valence-corrected chi connectivity index (χ3v) is 5.70. The molecule has 0 saturated carbocycles. The van der Waals surface area contributed by atoms with Gasteiger partial charge in [-0.3, -0.25) is 9.69 Å². The number of hydrogen-bond donors (Lipinski definition) is 0. The van der Waals surface area contributed by atoms with Crippen molar-refractivity contribution in [1.29, 1.82) is 0 Å². The summed E-state index contributed by atoms with van der Waals surface area (Å²) in [4.78, 5) is 35.0. The summed E-state index contributed by atoms with van der Waals surface area (Å²) in [5, 5.41) is 0. The van der Waals surface area contributed by atoms with Gasteiger partial charge in [0.25, 0.3) is 5.91 Å². The zero-order valence-corrected chi connectivity index (χ0v) is 14.6. The third-order valence-electron chi connectivity index (χ3n) is 5.70. The molecule has 4 rings (SSSR count). The van der Waals surface area contributed by atoms with Gasteiger partial charge in [0, 0.05) is 44.5 Å². The summed E-state index contributed by atoms with van der Waals surface area (Å²) in [7, 11) is 0. The molecule has 4 heterocycles. The highest BCUT2D eigenvalue weighted by Gasteiger charge is 2.49. The molecular formula is C18H24N4O3. The Morgan fingerprint density at radius 1 is 1.28 bits per heavy atom. The molecule has 7 nitrogen and oxygen atoms in total. The first-order chi connectivity index (χ1) is 12.1. The van der Waals surface area contributed by atoms with Crippen molar-refractivity contribution in [3.05, 3.63) is 23.9 Å². The van der Waals surface area contributed by atoms with Crippen LogP contribution in [0.4, 0.5) is 10.6 Å². The largest absolute Gasteiger partial charge is 0.447 e. The fourth-order valence-electron chi connectivity index (χ4n) is 4.09. The van der Waals surface area contributed by atoms with Crippen LogP contribution in [-0.4, -0.2) is 71.7 Å². The van der Waals surface area contributed by atoms with Crippen LogP contribution in [0.15, 0.2) is 18.3 Å². The number of hydrogen-bond acceptors (Lipinski definition) is 5. The summed E-state index contributed by atoms with van der Waals surface area (Å²) in [6.45, 7) is 6.19. The Labute approximate surface area is 147 Å². The van der Waals surface area contributed by atoms with Gasteiger partial charge in [-0.2, -0.15) is 0 Å². The van der Waals surface area contributed by atoms with Gasteiger partial charge in [-0.15, -0.1) is 0 Å². The Morgan fingerprint density at radius 2 is 2.08 bits per heavy atom. The first kappa shape index (κ1) is 16.2. The lowest BCUT2D eigenvalue weighted by Gasteiger charge is -2.44. The van der Waals surface area contributed by atoms with Crippen LogP contribution in [0.5, 0.6) is 0 Å². The monoisotopic (exact) mass is 344 g/mol. The maximum atomic E-state index is 12.6. The number of anilines is 1. The second kappa shape index (κ2) is 6.20. The molecule has 2 amide bonds. The molecule has 1 aromatic rings. The number of fused-ring (bicyclic) bond motifs is 1. The fourth-order valence-corrected chi connectivity index (χ4v) is 4.09. The molecule has 0 N–H and O–H groups in total. The molecule has 0 spiro atoms. The minimum absolute atomic E-state index is 0.0874. The third kappa shape index (κ3) is 2.71. The summed E-state index contributed by atoms with van der Waals surface area (Å²) < 4.78 is 5.29. The van der Waals surface area contributed by atoms with E-state index in [1.165, 1.54) is 0 Å². The van der Waals surface area contributed by atoms with Gasteiger partial charge in [0.15, 0.2) is 0 Å². The van der Waals surface area contributed by atoms with Gasteiger partial charge >= 0.3 is 6.09 Å². The van der Waals surface area contributed by atoms with Gasteiger partial charge in [-0.05, 0) is 31.4 Å². The summed E-state index contributed by atoms with van der Waals surface area (Å²) in [5.74, 6) is 0.890. The highest BCUT2D eigenvalue weighted by Crippen LogP contribution is 2.33. The van der Waals surface area contributed by atoms with Crippen LogP contribution in [0.3, 0.4) is 0 Å². The Bertz CT molecular complexity index is 689. The predicted octanol–water partition coefficient (Wildman–Crippen LogP) is 1.74. The van der Waals surface area contributed by atoms with E-state index in [9.17, 15) is 9.59 Å². The number of cyclic esters (lactones) is 1. The van der Waals surface area contributed by atoms with Crippen LogP contribution >= 0.6 is 0 Å². The molecule has 7 heteroatoms. The highest BCUT2D eigenvalue weighted by molar-refractivity contribution is 5.95. The van der Waals surface area contributed by atoms with Crippen molar-refractivity contribution in [2.75, 3.05) is 44.2 Å². The van der Waals surface area contributed by atoms with Gasteiger partial charge in [0.1, 0.15) is 12.4 Å². The Morgan fingerprint density at radius 3 is 2.84 bits per heavy atom. The molecule has 0 aliphatic carbocycles. The van der Waals surface area contributed by atoms with E-state index in [-0.39, 0.29) is 17.5 Å². The number of amides is 2. The van der Waals surface area contributed by atoms with E-state index in [0.717, 1.165) is 38.2 Å². The molecule has 0 radical (unpaired) electrons. The van der Waals surface area contributed by atoms with Gasteiger partial charge in [0.2, 0.25) is 0 Å². The van der Waals surface area contributed by atoms with Crippen LogP contribution in [0.25, 0.3) is 0 Å². The Hall–Kier alpha value is -2.31. The van der Waals surface area contributed by atoms with Crippen LogP contribution in [0.2, 0.25) is 0 Å². The molecule has 3 aliphatic rings. The molecule has 0 bridgehead atoms. The lowest BCUT2D eigenvalue weighted by Crippen LogP contribution is -2.61. The zero-order valence-electron chi connectivity index (χ0n) is 14.6. The molecule has 1 unspecified atom stereocenters. The summed E-state index contributed by atoms with van der Waals surface area (Å²) in [6.07, 6.45) is 4.49. The maximum Gasteiger partial charge on any atom is 0.410 e. The van der Waals surface area contributed by atoms with Crippen molar-refractivity contribution in [1.82, 2.24) is 14.8 Å². The van der Waals surface area contributed by atoms with Crippen molar-refractivity contribution in [3.63, 3.8) is 0 Å². The SMILES string of the molecule is CCC12COC(=O)N1CCN(c1cc(C(=O)N3CCCC3)ccn1)C2. The maximum absolute atomic E-state index is 12.6. The Kier molecular flexibility index (Phi) is 4.01. The molecule has 134 valence electrons. The van der Waals surface area contributed by atoms with Gasteiger partial charge < -0.3 is 14.5 Å². The molecular weight excluding hydrogens is 320 g/mol. The summed E-state index contributed by atoms with van der Waals surface area (Å²) in [6, 6.07) is 3.68. The van der Waals surface area contributed by atoms with Crippen molar-refractivity contribution < 1.29 is 14.3 Å². The molecule has 1 atom stereocenters. The average Bonchev–Trinajstić information content (AvgIpc) is 3.30. The van der Waals surface area contributed by atoms with Crippen molar-refractivity contribution >= 4 is 17.8 Å². The highest BCUT2D eigenvalue weighted by atomic mass is 16.6. The van der Waals surface area contributed by atoms with Gasteiger partial charge in [-0.1, -0.05) is 6.92 Å². The van der Waals surface area contributed by atoms with Gasteiger partial charge in [0.05, 0.1) is 5.54 Å². The molecule has 0 aromatic carbocycles. The minimum atomic E-state index is -0.286.